The molecule has 0 spiro atoms. The lowest BCUT2D eigenvalue weighted by Crippen LogP contribution is -2.56. The van der Waals surface area contributed by atoms with Gasteiger partial charge in [0.25, 0.3) is 0 Å². The van der Waals surface area contributed by atoms with Crippen LogP contribution in [-0.2, 0) is 19.6 Å². The lowest BCUT2D eigenvalue weighted by Gasteiger charge is -2.37. The molecule has 3 aliphatic rings. The van der Waals surface area contributed by atoms with Crippen LogP contribution >= 0.6 is 0 Å². The van der Waals surface area contributed by atoms with E-state index in [2.05, 4.69) is 5.32 Å². The van der Waals surface area contributed by atoms with E-state index in [0.29, 0.717) is 19.6 Å². The van der Waals surface area contributed by atoms with Gasteiger partial charge in [-0.15, -0.1) is 0 Å². The normalized spacial score (nSPS) is 29.2. The van der Waals surface area contributed by atoms with Gasteiger partial charge in [-0.25, -0.2) is 8.42 Å². The summed E-state index contributed by atoms with van der Waals surface area (Å²) < 4.78 is 30.6. The SMILES string of the molecule is O=C(NC[C@@H]1CCCO1)C1CN(S(=O)(=O)C2CC2)C1. The number of hydrogen-bond donors (Lipinski definition) is 1. The summed E-state index contributed by atoms with van der Waals surface area (Å²) in [6.45, 7) is 2.01. The number of rotatable bonds is 5. The molecule has 0 unspecified atom stereocenters. The molecule has 0 aromatic carbocycles. The van der Waals surface area contributed by atoms with Crippen LogP contribution < -0.4 is 5.32 Å². The number of carbonyl (C=O) groups excluding carboxylic acids is 1. The van der Waals surface area contributed by atoms with Crippen LogP contribution in [0, 0.1) is 5.92 Å². The van der Waals surface area contributed by atoms with Gasteiger partial charge in [0.2, 0.25) is 15.9 Å². The fraction of sp³-hybridized carbons (Fsp3) is 0.917. The minimum absolute atomic E-state index is 0.0438. The average Bonchev–Trinajstić information content (AvgIpc) is 3.03. The van der Waals surface area contributed by atoms with Gasteiger partial charge in [0.05, 0.1) is 17.3 Å². The first-order valence-corrected chi connectivity index (χ1v) is 8.46. The number of ether oxygens (including phenoxy) is 1. The Labute approximate surface area is 113 Å². The summed E-state index contributed by atoms with van der Waals surface area (Å²) in [7, 11) is -3.10. The number of sulfonamides is 1. The Balaban J connectivity index is 1.41. The molecule has 7 heteroatoms. The molecule has 1 saturated carbocycles. The second-order valence-corrected chi connectivity index (χ2v) is 7.85. The minimum Gasteiger partial charge on any atom is -0.376 e. The molecule has 1 atom stereocenters. The van der Waals surface area contributed by atoms with Crippen molar-refractivity contribution >= 4 is 15.9 Å². The van der Waals surface area contributed by atoms with E-state index in [1.54, 1.807) is 0 Å². The largest absolute Gasteiger partial charge is 0.376 e. The van der Waals surface area contributed by atoms with Gasteiger partial charge < -0.3 is 10.1 Å². The minimum atomic E-state index is -3.10. The standard InChI is InChI=1S/C12H20N2O4S/c15-12(13-6-10-2-1-5-18-10)9-7-14(8-9)19(16,17)11-3-4-11/h9-11H,1-8H2,(H,13,15)/t10-/m0/s1. The molecule has 19 heavy (non-hydrogen) atoms. The topological polar surface area (TPSA) is 75.7 Å². The Morgan fingerprint density at radius 1 is 1.26 bits per heavy atom. The average molecular weight is 288 g/mol. The number of hydrogen-bond acceptors (Lipinski definition) is 4. The molecule has 2 heterocycles. The molecule has 0 bridgehead atoms. The number of carbonyl (C=O) groups is 1. The maximum Gasteiger partial charge on any atom is 0.225 e. The first kappa shape index (κ1) is 13.3. The van der Waals surface area contributed by atoms with Gasteiger partial charge in [0.1, 0.15) is 0 Å². The van der Waals surface area contributed by atoms with Crippen molar-refractivity contribution in [3.63, 3.8) is 0 Å². The molecule has 3 fully saturated rings. The Kier molecular flexibility index (Phi) is 3.53. The number of amides is 1. The lowest BCUT2D eigenvalue weighted by atomic mass is 10.0. The Morgan fingerprint density at radius 2 is 2.00 bits per heavy atom. The van der Waals surface area contributed by atoms with E-state index in [-0.39, 0.29) is 23.2 Å². The van der Waals surface area contributed by atoms with Crippen LogP contribution in [0.2, 0.25) is 0 Å². The quantitative estimate of drug-likeness (QED) is 0.754. The molecule has 1 N–H and O–H groups in total. The lowest BCUT2D eigenvalue weighted by molar-refractivity contribution is -0.128. The van der Waals surface area contributed by atoms with Crippen LogP contribution in [0.25, 0.3) is 0 Å². The van der Waals surface area contributed by atoms with Crippen LogP contribution in [0.5, 0.6) is 0 Å². The summed E-state index contributed by atoms with van der Waals surface area (Å²) in [6.07, 6.45) is 3.73. The monoisotopic (exact) mass is 288 g/mol. The highest BCUT2D eigenvalue weighted by atomic mass is 32.2. The fourth-order valence-electron chi connectivity index (χ4n) is 2.55. The van der Waals surface area contributed by atoms with Gasteiger partial charge in [0, 0.05) is 26.2 Å². The molecule has 0 aromatic rings. The van der Waals surface area contributed by atoms with E-state index < -0.39 is 10.0 Å². The van der Waals surface area contributed by atoms with E-state index in [1.165, 1.54) is 4.31 Å². The highest BCUT2D eigenvalue weighted by Crippen LogP contribution is 2.34. The predicted octanol–water partition coefficient (Wildman–Crippen LogP) is -0.294. The van der Waals surface area contributed by atoms with Crippen molar-refractivity contribution in [3.8, 4) is 0 Å². The van der Waals surface area contributed by atoms with Crippen molar-refractivity contribution < 1.29 is 17.9 Å². The van der Waals surface area contributed by atoms with E-state index in [4.69, 9.17) is 4.74 Å². The third kappa shape index (κ3) is 2.78. The molecule has 0 aromatic heterocycles. The summed E-state index contributed by atoms with van der Waals surface area (Å²) in [4.78, 5) is 11.9. The van der Waals surface area contributed by atoms with Crippen molar-refractivity contribution in [2.75, 3.05) is 26.2 Å². The Hall–Kier alpha value is -0.660. The molecule has 1 amide bonds. The van der Waals surface area contributed by atoms with E-state index in [9.17, 15) is 13.2 Å². The molecular weight excluding hydrogens is 268 g/mol. The van der Waals surface area contributed by atoms with Crippen LogP contribution in [-0.4, -0.2) is 56.2 Å². The molecular formula is C12H20N2O4S. The van der Waals surface area contributed by atoms with E-state index in [0.717, 1.165) is 32.3 Å². The van der Waals surface area contributed by atoms with Crippen LogP contribution in [0.1, 0.15) is 25.7 Å². The highest BCUT2D eigenvalue weighted by Gasteiger charge is 2.46. The van der Waals surface area contributed by atoms with Crippen LogP contribution in [0.3, 0.4) is 0 Å². The molecule has 2 aliphatic heterocycles. The molecule has 3 rings (SSSR count). The van der Waals surface area contributed by atoms with Gasteiger partial charge >= 0.3 is 0 Å². The Bertz CT molecular complexity index is 448. The maximum absolute atomic E-state index is 11.9. The van der Waals surface area contributed by atoms with Crippen LogP contribution in [0.15, 0.2) is 0 Å². The third-order valence-corrected chi connectivity index (χ3v) is 6.38. The molecule has 1 aliphatic carbocycles. The van der Waals surface area contributed by atoms with Gasteiger partial charge in [-0.1, -0.05) is 0 Å². The van der Waals surface area contributed by atoms with Crippen LogP contribution in [0.4, 0.5) is 0 Å². The third-order valence-electron chi connectivity index (χ3n) is 4.05. The van der Waals surface area contributed by atoms with Crippen molar-refractivity contribution in [1.29, 1.82) is 0 Å². The predicted molar refractivity (Wildman–Crippen MR) is 69.0 cm³/mol. The molecule has 2 saturated heterocycles. The second-order valence-electron chi connectivity index (χ2n) is 5.64. The smallest absolute Gasteiger partial charge is 0.225 e. The summed E-state index contributed by atoms with van der Waals surface area (Å²) >= 11 is 0. The molecule has 6 nitrogen and oxygen atoms in total. The number of nitrogens with one attached hydrogen (secondary N) is 1. The summed E-state index contributed by atoms with van der Waals surface area (Å²) in [5, 5.41) is 2.68. The van der Waals surface area contributed by atoms with Crippen molar-refractivity contribution in [2.24, 2.45) is 5.92 Å². The summed E-state index contributed by atoms with van der Waals surface area (Å²) in [5.41, 5.74) is 0. The zero-order valence-electron chi connectivity index (χ0n) is 10.9. The molecule has 0 radical (unpaired) electrons. The summed E-state index contributed by atoms with van der Waals surface area (Å²) in [5.74, 6) is -0.229. The van der Waals surface area contributed by atoms with E-state index >= 15 is 0 Å². The van der Waals surface area contributed by atoms with Gasteiger partial charge in [-0.2, -0.15) is 4.31 Å². The fourth-order valence-corrected chi connectivity index (χ4v) is 4.48. The van der Waals surface area contributed by atoms with Crippen molar-refractivity contribution in [2.45, 2.75) is 37.0 Å². The highest BCUT2D eigenvalue weighted by molar-refractivity contribution is 7.90. The van der Waals surface area contributed by atoms with Crippen molar-refractivity contribution in [1.82, 2.24) is 9.62 Å². The summed E-state index contributed by atoms with van der Waals surface area (Å²) in [6, 6.07) is 0. The Morgan fingerprint density at radius 3 is 2.58 bits per heavy atom. The first-order valence-electron chi connectivity index (χ1n) is 6.95. The zero-order chi connectivity index (χ0) is 13.5. The van der Waals surface area contributed by atoms with Gasteiger partial charge in [-0.3, -0.25) is 4.79 Å². The zero-order valence-corrected chi connectivity index (χ0v) is 11.7. The number of nitrogens with zero attached hydrogens (tertiary/aromatic N) is 1. The van der Waals surface area contributed by atoms with Gasteiger partial charge in [-0.05, 0) is 25.7 Å². The van der Waals surface area contributed by atoms with Crippen molar-refractivity contribution in [3.05, 3.63) is 0 Å². The second kappa shape index (κ2) is 5.03. The maximum atomic E-state index is 11.9. The van der Waals surface area contributed by atoms with Gasteiger partial charge in [0.15, 0.2) is 0 Å². The molecule has 108 valence electrons. The van der Waals surface area contributed by atoms with E-state index in [1.807, 2.05) is 0 Å². The first-order chi connectivity index (χ1) is 9.07.